The lowest BCUT2D eigenvalue weighted by atomic mass is 10.1. The molecule has 4 heteroatoms. The molecule has 2 aromatic rings. The molecule has 0 fully saturated rings. The number of methoxy groups -OCH3 is 1. The summed E-state index contributed by atoms with van der Waals surface area (Å²) in [7, 11) is 1.48. The molecule has 18 heavy (non-hydrogen) atoms. The number of rotatable bonds is 3. The summed E-state index contributed by atoms with van der Waals surface area (Å²) < 4.78 is 18.7. The van der Waals surface area contributed by atoms with E-state index in [9.17, 15) is 9.18 Å². The van der Waals surface area contributed by atoms with Crippen LogP contribution in [0.1, 0.15) is 17.3 Å². The summed E-state index contributed by atoms with van der Waals surface area (Å²) >= 11 is 0. The van der Waals surface area contributed by atoms with Crippen molar-refractivity contribution in [1.82, 2.24) is 4.98 Å². The maximum atomic E-state index is 13.8. The van der Waals surface area contributed by atoms with E-state index in [0.29, 0.717) is 22.6 Å². The Morgan fingerprint density at radius 1 is 1.28 bits per heavy atom. The van der Waals surface area contributed by atoms with E-state index < -0.39 is 5.82 Å². The lowest BCUT2D eigenvalue weighted by molar-refractivity contribution is 0.101. The monoisotopic (exact) mass is 245 g/mol. The van der Waals surface area contributed by atoms with E-state index in [1.54, 1.807) is 24.3 Å². The van der Waals surface area contributed by atoms with Crippen LogP contribution < -0.4 is 4.74 Å². The number of Topliss-reactive ketones (excluding diaryl/α,β-unsaturated/α-hetero) is 1. The van der Waals surface area contributed by atoms with Crippen molar-refractivity contribution < 1.29 is 13.9 Å². The summed E-state index contributed by atoms with van der Waals surface area (Å²) in [5.41, 5.74) is 1.37. The third-order valence-corrected chi connectivity index (χ3v) is 2.62. The summed E-state index contributed by atoms with van der Waals surface area (Å²) in [6.07, 6.45) is 1.45. The Bertz CT molecular complexity index is 579. The van der Waals surface area contributed by atoms with Gasteiger partial charge in [-0.25, -0.2) is 4.39 Å². The zero-order valence-electron chi connectivity index (χ0n) is 10.1. The van der Waals surface area contributed by atoms with Crippen LogP contribution in [0.15, 0.2) is 36.5 Å². The normalized spacial score (nSPS) is 10.2. The van der Waals surface area contributed by atoms with Crippen LogP contribution in [0.2, 0.25) is 0 Å². The van der Waals surface area contributed by atoms with Crippen molar-refractivity contribution in [3.63, 3.8) is 0 Å². The first kappa shape index (κ1) is 12.2. The molecule has 1 aromatic heterocycles. The molecule has 1 aromatic carbocycles. The Hall–Kier alpha value is -2.23. The average Bonchev–Trinajstić information content (AvgIpc) is 2.38. The van der Waals surface area contributed by atoms with Gasteiger partial charge in [-0.15, -0.1) is 0 Å². The molecule has 0 unspecified atom stereocenters. The Labute approximate surface area is 104 Å². The maximum Gasteiger partial charge on any atom is 0.161 e. The second kappa shape index (κ2) is 4.96. The van der Waals surface area contributed by atoms with Gasteiger partial charge < -0.3 is 4.74 Å². The molecule has 0 aliphatic rings. The summed E-state index contributed by atoms with van der Waals surface area (Å²) in [5, 5.41) is 0. The highest BCUT2D eigenvalue weighted by molar-refractivity contribution is 5.93. The zero-order valence-corrected chi connectivity index (χ0v) is 10.1. The molecule has 3 nitrogen and oxygen atoms in total. The number of pyridine rings is 1. The number of carbonyl (C=O) groups is 1. The van der Waals surface area contributed by atoms with Gasteiger partial charge in [0.25, 0.3) is 0 Å². The van der Waals surface area contributed by atoms with Gasteiger partial charge in [0.2, 0.25) is 0 Å². The molecule has 0 N–H and O–H groups in total. The quantitative estimate of drug-likeness (QED) is 0.780. The number of ether oxygens (including phenoxy) is 1. The predicted molar refractivity (Wildman–Crippen MR) is 66.2 cm³/mol. The van der Waals surface area contributed by atoms with E-state index in [-0.39, 0.29) is 5.78 Å². The Morgan fingerprint density at radius 2 is 2.06 bits per heavy atom. The van der Waals surface area contributed by atoms with Gasteiger partial charge in [-0.1, -0.05) is 0 Å². The van der Waals surface area contributed by atoms with E-state index in [0.717, 1.165) is 0 Å². The van der Waals surface area contributed by atoms with E-state index in [1.165, 1.54) is 26.3 Å². The zero-order chi connectivity index (χ0) is 13.1. The fourth-order valence-electron chi connectivity index (χ4n) is 1.59. The van der Waals surface area contributed by atoms with Crippen molar-refractivity contribution in [3.05, 3.63) is 47.9 Å². The minimum absolute atomic E-state index is 0.0655. The number of ketones is 1. The third kappa shape index (κ3) is 2.37. The smallest absolute Gasteiger partial charge is 0.161 e. The lowest BCUT2D eigenvalue weighted by Crippen LogP contribution is -1.95. The van der Waals surface area contributed by atoms with E-state index >= 15 is 0 Å². The first-order valence-corrected chi connectivity index (χ1v) is 5.42. The molecule has 0 saturated heterocycles. The Kier molecular flexibility index (Phi) is 3.37. The van der Waals surface area contributed by atoms with Crippen LogP contribution in [-0.2, 0) is 0 Å². The van der Waals surface area contributed by atoms with Crippen LogP contribution in [0.3, 0.4) is 0 Å². The molecular weight excluding hydrogens is 233 g/mol. The van der Waals surface area contributed by atoms with E-state index in [4.69, 9.17) is 4.74 Å². The van der Waals surface area contributed by atoms with Crippen molar-refractivity contribution in [2.24, 2.45) is 0 Å². The van der Waals surface area contributed by atoms with E-state index in [1.807, 2.05) is 0 Å². The summed E-state index contributed by atoms with van der Waals surface area (Å²) in [6, 6.07) is 7.83. The van der Waals surface area contributed by atoms with Crippen LogP contribution in [0.4, 0.5) is 4.39 Å². The summed E-state index contributed by atoms with van der Waals surface area (Å²) in [4.78, 5) is 15.2. The molecule has 0 atom stereocenters. The van der Waals surface area contributed by atoms with Crippen LogP contribution in [-0.4, -0.2) is 17.9 Å². The Morgan fingerprint density at radius 3 is 2.56 bits per heavy atom. The second-order valence-electron chi connectivity index (χ2n) is 3.83. The fraction of sp³-hybridized carbons (Fsp3) is 0.143. The van der Waals surface area contributed by atoms with Crippen molar-refractivity contribution in [2.75, 3.05) is 7.11 Å². The van der Waals surface area contributed by atoms with Crippen LogP contribution in [0.25, 0.3) is 11.3 Å². The predicted octanol–water partition coefficient (Wildman–Crippen LogP) is 3.10. The number of aromatic nitrogens is 1. The highest BCUT2D eigenvalue weighted by Crippen LogP contribution is 2.24. The molecule has 2 rings (SSSR count). The molecule has 0 radical (unpaired) electrons. The van der Waals surface area contributed by atoms with Gasteiger partial charge in [0.15, 0.2) is 5.78 Å². The van der Waals surface area contributed by atoms with Crippen molar-refractivity contribution in [3.8, 4) is 17.0 Å². The van der Waals surface area contributed by atoms with E-state index in [2.05, 4.69) is 4.98 Å². The summed E-state index contributed by atoms with van der Waals surface area (Å²) in [5.74, 6) is -0.0155. The lowest BCUT2D eigenvalue weighted by Gasteiger charge is -2.05. The van der Waals surface area contributed by atoms with Crippen molar-refractivity contribution >= 4 is 5.78 Å². The topological polar surface area (TPSA) is 39.2 Å². The molecule has 0 saturated carbocycles. The van der Waals surface area contributed by atoms with Crippen LogP contribution >= 0.6 is 0 Å². The molecular formula is C14H12FNO2. The van der Waals surface area contributed by atoms with Gasteiger partial charge in [0, 0.05) is 23.4 Å². The number of halogens is 1. The molecule has 0 spiro atoms. The molecule has 0 aliphatic heterocycles. The standard InChI is InChI=1S/C14H12FNO2/c1-9(17)10-3-6-14(16-8-10)12-5-4-11(18-2)7-13(12)15/h3-8H,1-2H3. The highest BCUT2D eigenvalue weighted by atomic mass is 19.1. The average molecular weight is 245 g/mol. The minimum Gasteiger partial charge on any atom is -0.497 e. The molecule has 92 valence electrons. The van der Waals surface area contributed by atoms with Crippen LogP contribution in [0.5, 0.6) is 5.75 Å². The third-order valence-electron chi connectivity index (χ3n) is 2.62. The molecule has 0 amide bonds. The van der Waals surface area contributed by atoms with Gasteiger partial charge in [0.1, 0.15) is 11.6 Å². The molecule has 0 aliphatic carbocycles. The second-order valence-corrected chi connectivity index (χ2v) is 3.83. The SMILES string of the molecule is COc1ccc(-c2ccc(C(C)=O)cn2)c(F)c1. The molecule has 0 bridgehead atoms. The van der Waals surface area contributed by atoms with Gasteiger partial charge in [-0.2, -0.15) is 0 Å². The number of nitrogens with zero attached hydrogens (tertiary/aromatic N) is 1. The number of carbonyl (C=O) groups excluding carboxylic acids is 1. The fourth-order valence-corrected chi connectivity index (χ4v) is 1.59. The number of hydrogen-bond donors (Lipinski definition) is 0. The first-order valence-electron chi connectivity index (χ1n) is 5.42. The largest absolute Gasteiger partial charge is 0.497 e. The van der Waals surface area contributed by atoms with Crippen molar-refractivity contribution in [1.29, 1.82) is 0 Å². The number of hydrogen-bond acceptors (Lipinski definition) is 3. The van der Waals surface area contributed by atoms with Gasteiger partial charge in [-0.3, -0.25) is 9.78 Å². The minimum atomic E-state index is -0.405. The highest BCUT2D eigenvalue weighted by Gasteiger charge is 2.08. The summed E-state index contributed by atoms with van der Waals surface area (Å²) in [6.45, 7) is 1.46. The number of benzene rings is 1. The van der Waals surface area contributed by atoms with Gasteiger partial charge in [-0.05, 0) is 31.2 Å². The maximum absolute atomic E-state index is 13.8. The molecule has 1 heterocycles. The van der Waals surface area contributed by atoms with Crippen LogP contribution in [0, 0.1) is 5.82 Å². The van der Waals surface area contributed by atoms with Gasteiger partial charge >= 0.3 is 0 Å². The first-order chi connectivity index (χ1) is 8.61. The van der Waals surface area contributed by atoms with Gasteiger partial charge in [0.05, 0.1) is 12.8 Å². The Balaban J connectivity index is 2.39. The van der Waals surface area contributed by atoms with Crippen molar-refractivity contribution in [2.45, 2.75) is 6.92 Å².